The minimum atomic E-state index is 0.00121. The van der Waals surface area contributed by atoms with Crippen molar-refractivity contribution in [1.29, 1.82) is 0 Å². The van der Waals surface area contributed by atoms with Crippen molar-refractivity contribution in [3.8, 4) is 0 Å². The van der Waals surface area contributed by atoms with Crippen LogP contribution in [0, 0.1) is 34.5 Å². The molecule has 4 aliphatic carbocycles. The van der Waals surface area contributed by atoms with Gasteiger partial charge in [0.15, 0.2) is 5.78 Å². The molecule has 0 spiro atoms. The Morgan fingerprint density at radius 2 is 1.92 bits per heavy atom. The molecule has 0 heterocycles. The van der Waals surface area contributed by atoms with E-state index in [0.29, 0.717) is 30.0 Å². The fourth-order valence-electron chi connectivity index (χ4n) is 7.58. The second-order valence-corrected chi connectivity index (χ2v) is 9.55. The number of hydrogen-bond donors (Lipinski definition) is 0. The van der Waals surface area contributed by atoms with Crippen LogP contribution in [0.4, 0.5) is 0 Å². The largest absolute Gasteiger partial charge is 0.380 e. The molecule has 0 amide bonds. The fourth-order valence-corrected chi connectivity index (χ4v) is 7.58. The van der Waals surface area contributed by atoms with Gasteiger partial charge in [-0.25, -0.2) is 0 Å². The molecule has 0 aromatic heterocycles. The van der Waals surface area contributed by atoms with Gasteiger partial charge in [-0.2, -0.15) is 0 Å². The zero-order valence-electron chi connectivity index (χ0n) is 16.1. The number of carbonyl (C=O) groups is 2. The molecular weight excluding hydrogens is 312 g/mol. The van der Waals surface area contributed by atoms with Gasteiger partial charge in [0.1, 0.15) is 5.78 Å². The molecule has 4 rings (SSSR count). The van der Waals surface area contributed by atoms with Crippen LogP contribution in [-0.4, -0.2) is 24.8 Å². The molecule has 7 atom stereocenters. The summed E-state index contributed by atoms with van der Waals surface area (Å²) in [5.74, 6) is 2.81. The van der Waals surface area contributed by atoms with Crippen LogP contribution < -0.4 is 0 Å². The topological polar surface area (TPSA) is 43.4 Å². The van der Waals surface area contributed by atoms with Crippen LogP contribution >= 0.6 is 0 Å². The van der Waals surface area contributed by atoms with Gasteiger partial charge in [-0.1, -0.05) is 19.4 Å². The van der Waals surface area contributed by atoms with E-state index in [-0.39, 0.29) is 28.6 Å². The molecule has 0 saturated heterocycles. The molecule has 0 aromatic carbocycles. The molecule has 25 heavy (non-hydrogen) atoms. The first kappa shape index (κ1) is 17.5. The van der Waals surface area contributed by atoms with Crippen molar-refractivity contribution in [3.63, 3.8) is 0 Å². The fraction of sp³-hybridized carbons (Fsp3) is 0.818. The van der Waals surface area contributed by atoms with E-state index in [2.05, 4.69) is 13.8 Å². The molecule has 3 heteroatoms. The van der Waals surface area contributed by atoms with Crippen molar-refractivity contribution < 1.29 is 14.3 Å². The summed E-state index contributed by atoms with van der Waals surface area (Å²) in [6.45, 7) is 6.54. The summed E-state index contributed by atoms with van der Waals surface area (Å²) in [6, 6.07) is 0. The summed E-state index contributed by atoms with van der Waals surface area (Å²) in [4.78, 5) is 24.4. The lowest BCUT2D eigenvalue weighted by Gasteiger charge is -2.59. The third-order valence-electron chi connectivity index (χ3n) is 8.81. The Morgan fingerprint density at radius 3 is 2.60 bits per heavy atom. The maximum atomic E-state index is 12.2. The van der Waals surface area contributed by atoms with Crippen molar-refractivity contribution in [2.45, 2.75) is 71.8 Å². The molecule has 0 bridgehead atoms. The number of fused-ring (bicyclic) bond motifs is 5. The van der Waals surface area contributed by atoms with Gasteiger partial charge in [0.25, 0.3) is 0 Å². The van der Waals surface area contributed by atoms with Crippen LogP contribution in [0.5, 0.6) is 0 Å². The van der Waals surface area contributed by atoms with E-state index in [9.17, 15) is 9.59 Å². The SMILES string of the molecule is COC1CC(=O)C=C2CC[C@H]3[C@@H]4CC[C@H](C(C)=O)[C@@]4(C)CC[C@@H]3[C@]21C. The highest BCUT2D eigenvalue weighted by atomic mass is 16.5. The van der Waals surface area contributed by atoms with E-state index >= 15 is 0 Å². The molecule has 4 aliphatic rings. The molecule has 138 valence electrons. The number of carbonyl (C=O) groups excluding carboxylic acids is 2. The van der Waals surface area contributed by atoms with Crippen LogP contribution in [0.2, 0.25) is 0 Å². The first-order valence-corrected chi connectivity index (χ1v) is 10.1. The second-order valence-electron chi connectivity index (χ2n) is 9.55. The highest BCUT2D eigenvalue weighted by molar-refractivity contribution is 5.92. The van der Waals surface area contributed by atoms with E-state index in [1.165, 1.54) is 24.8 Å². The number of ether oxygens (including phenoxy) is 1. The minimum absolute atomic E-state index is 0.00121. The first-order chi connectivity index (χ1) is 11.8. The quantitative estimate of drug-likeness (QED) is 0.748. The van der Waals surface area contributed by atoms with E-state index < -0.39 is 0 Å². The van der Waals surface area contributed by atoms with Crippen molar-refractivity contribution >= 4 is 11.6 Å². The first-order valence-electron chi connectivity index (χ1n) is 10.1. The van der Waals surface area contributed by atoms with Gasteiger partial charge in [0.05, 0.1) is 6.10 Å². The molecule has 0 aromatic rings. The Kier molecular flexibility index (Phi) is 4.03. The van der Waals surface area contributed by atoms with Gasteiger partial charge in [-0.15, -0.1) is 0 Å². The van der Waals surface area contributed by atoms with Gasteiger partial charge < -0.3 is 4.74 Å². The molecular formula is C22H32O3. The Balaban J connectivity index is 1.70. The Bertz CT molecular complexity index is 635. The van der Waals surface area contributed by atoms with Crippen molar-refractivity contribution in [3.05, 3.63) is 11.6 Å². The molecule has 1 unspecified atom stereocenters. The van der Waals surface area contributed by atoms with E-state index in [1.807, 2.05) is 6.08 Å². The summed E-state index contributed by atoms with van der Waals surface area (Å²) in [7, 11) is 1.77. The predicted molar refractivity (Wildman–Crippen MR) is 97.1 cm³/mol. The Hall–Kier alpha value is -0.960. The number of hydrogen-bond acceptors (Lipinski definition) is 3. The summed E-state index contributed by atoms with van der Waals surface area (Å²) in [5, 5.41) is 0. The second kappa shape index (κ2) is 5.77. The van der Waals surface area contributed by atoms with Crippen molar-refractivity contribution in [1.82, 2.24) is 0 Å². The number of rotatable bonds is 2. The van der Waals surface area contributed by atoms with Gasteiger partial charge >= 0.3 is 0 Å². The highest BCUT2D eigenvalue weighted by Gasteiger charge is 2.61. The van der Waals surface area contributed by atoms with Gasteiger partial charge in [-0.3, -0.25) is 9.59 Å². The van der Waals surface area contributed by atoms with Crippen molar-refractivity contribution in [2.24, 2.45) is 34.5 Å². The summed E-state index contributed by atoms with van der Waals surface area (Å²) >= 11 is 0. The zero-order chi connectivity index (χ0) is 18.0. The predicted octanol–water partition coefficient (Wildman–Crippen LogP) is 4.35. The van der Waals surface area contributed by atoms with Gasteiger partial charge in [0, 0.05) is 24.9 Å². The van der Waals surface area contributed by atoms with Crippen molar-refractivity contribution in [2.75, 3.05) is 7.11 Å². The zero-order valence-corrected chi connectivity index (χ0v) is 16.1. The molecule has 0 radical (unpaired) electrons. The lowest BCUT2D eigenvalue weighted by molar-refractivity contribution is -0.137. The third-order valence-corrected chi connectivity index (χ3v) is 8.81. The smallest absolute Gasteiger partial charge is 0.158 e. The average molecular weight is 344 g/mol. The average Bonchev–Trinajstić information content (AvgIpc) is 2.92. The van der Waals surface area contributed by atoms with E-state index in [4.69, 9.17) is 4.74 Å². The minimum Gasteiger partial charge on any atom is -0.380 e. The van der Waals surface area contributed by atoms with E-state index in [0.717, 1.165) is 19.3 Å². The lowest BCUT2D eigenvalue weighted by Crippen LogP contribution is -2.55. The van der Waals surface area contributed by atoms with Crippen LogP contribution in [0.15, 0.2) is 11.6 Å². The van der Waals surface area contributed by atoms with Crippen LogP contribution in [0.1, 0.15) is 65.7 Å². The molecule has 3 saturated carbocycles. The molecule has 0 N–H and O–H groups in total. The number of ketones is 2. The van der Waals surface area contributed by atoms with Crippen LogP contribution in [-0.2, 0) is 14.3 Å². The lowest BCUT2D eigenvalue weighted by atomic mass is 9.46. The van der Waals surface area contributed by atoms with Gasteiger partial charge in [-0.05, 0) is 74.7 Å². The maximum Gasteiger partial charge on any atom is 0.158 e. The normalized spacial score (nSPS) is 49.0. The summed E-state index contributed by atoms with van der Waals surface area (Å²) < 4.78 is 5.86. The van der Waals surface area contributed by atoms with Crippen LogP contribution in [0.3, 0.4) is 0 Å². The Labute approximate surface area is 151 Å². The maximum absolute atomic E-state index is 12.2. The monoisotopic (exact) mass is 344 g/mol. The number of Topliss-reactive ketones (excluding diaryl/α,β-unsaturated/α-hetero) is 1. The molecule has 3 nitrogen and oxygen atoms in total. The molecule has 0 aliphatic heterocycles. The molecule has 3 fully saturated rings. The third kappa shape index (κ3) is 2.27. The number of methoxy groups -OCH3 is 1. The van der Waals surface area contributed by atoms with Crippen LogP contribution in [0.25, 0.3) is 0 Å². The van der Waals surface area contributed by atoms with Gasteiger partial charge in [0.2, 0.25) is 0 Å². The highest BCUT2D eigenvalue weighted by Crippen LogP contribution is 2.66. The van der Waals surface area contributed by atoms with E-state index in [1.54, 1.807) is 14.0 Å². The summed E-state index contributed by atoms with van der Waals surface area (Å²) in [6.07, 6.45) is 9.28. The standard InChI is InChI=1S/C22H32O3/c1-13(23)17-7-8-18-16-6-5-14-11-15(24)12-20(25-4)22(14,3)19(16)9-10-21(17,18)2/h11,16-20H,5-10,12H2,1-4H3/t16-,17+,18-,19-,20?,21+,22-/m0/s1. The summed E-state index contributed by atoms with van der Waals surface area (Å²) in [5.41, 5.74) is 1.53. The Morgan fingerprint density at radius 1 is 1.16 bits per heavy atom.